The third-order valence-corrected chi connectivity index (χ3v) is 6.52. The molecule has 0 unspecified atom stereocenters. The molecule has 3 rings (SSSR count). The van der Waals surface area contributed by atoms with E-state index in [0.717, 1.165) is 65.9 Å². The van der Waals surface area contributed by atoms with E-state index in [1.165, 1.54) is 4.88 Å². The molecule has 0 aliphatic carbocycles. The average Bonchev–Trinajstić information content (AvgIpc) is 3.18. The predicted octanol–water partition coefficient (Wildman–Crippen LogP) is 6.11. The molecule has 0 bridgehead atoms. The number of methoxy groups -OCH3 is 1. The summed E-state index contributed by atoms with van der Waals surface area (Å²) in [6.07, 6.45) is 5.55. The van der Waals surface area contributed by atoms with Crippen LogP contribution in [-0.4, -0.2) is 28.2 Å². The maximum absolute atomic E-state index is 10.6. The number of hydrogen-bond acceptors (Lipinski definition) is 6. The molecular weight excluding hydrogens is 434 g/mol. The largest absolute Gasteiger partial charge is 0.495 e. The summed E-state index contributed by atoms with van der Waals surface area (Å²) in [5, 5.41) is 13.8. The molecule has 2 aromatic heterocycles. The number of carboxylic acids is 1. The van der Waals surface area contributed by atoms with Crippen molar-refractivity contribution in [2.45, 2.75) is 58.4 Å². The molecule has 0 radical (unpaired) electrons. The molecule has 8 heteroatoms. The van der Waals surface area contributed by atoms with Crippen molar-refractivity contribution in [3.8, 4) is 5.75 Å². The van der Waals surface area contributed by atoms with Crippen LogP contribution >= 0.6 is 22.9 Å². The van der Waals surface area contributed by atoms with Gasteiger partial charge in [-0.25, -0.2) is 9.97 Å². The zero-order valence-electron chi connectivity index (χ0n) is 17.9. The quantitative estimate of drug-likeness (QED) is 0.317. The SMILES string of the molecule is CCc1cc2c(NCc3ccc(OC)c(Cl)c3)nc(CCCCCCC(=O)O)nc2s1. The van der Waals surface area contributed by atoms with Crippen molar-refractivity contribution < 1.29 is 14.6 Å². The van der Waals surface area contributed by atoms with Crippen LogP contribution in [0.15, 0.2) is 24.3 Å². The molecule has 1 aromatic carbocycles. The summed E-state index contributed by atoms with van der Waals surface area (Å²) in [7, 11) is 1.60. The first-order valence-electron chi connectivity index (χ1n) is 10.6. The third kappa shape index (κ3) is 6.55. The molecular formula is C23H28ClN3O3S. The highest BCUT2D eigenvalue weighted by atomic mass is 35.5. The molecule has 2 heterocycles. The first-order chi connectivity index (χ1) is 15.0. The predicted molar refractivity (Wildman–Crippen MR) is 127 cm³/mol. The highest BCUT2D eigenvalue weighted by molar-refractivity contribution is 7.18. The monoisotopic (exact) mass is 461 g/mol. The minimum atomic E-state index is -0.730. The van der Waals surface area contributed by atoms with Crippen LogP contribution in [0.1, 0.15) is 55.3 Å². The smallest absolute Gasteiger partial charge is 0.303 e. The van der Waals surface area contributed by atoms with E-state index in [-0.39, 0.29) is 6.42 Å². The molecule has 0 aliphatic heterocycles. The summed E-state index contributed by atoms with van der Waals surface area (Å²) in [6.45, 7) is 2.74. The number of aryl methyl sites for hydroxylation is 2. The van der Waals surface area contributed by atoms with Gasteiger partial charge >= 0.3 is 5.97 Å². The van der Waals surface area contributed by atoms with E-state index in [2.05, 4.69) is 18.3 Å². The van der Waals surface area contributed by atoms with Crippen molar-refractivity contribution in [3.63, 3.8) is 0 Å². The number of nitrogens with one attached hydrogen (secondary N) is 1. The summed E-state index contributed by atoms with van der Waals surface area (Å²) < 4.78 is 5.22. The van der Waals surface area contributed by atoms with Crippen molar-refractivity contribution >= 4 is 44.9 Å². The number of unbranched alkanes of at least 4 members (excludes halogenated alkanes) is 3. The van der Waals surface area contributed by atoms with Crippen LogP contribution in [0.5, 0.6) is 5.75 Å². The Morgan fingerprint density at radius 1 is 1.19 bits per heavy atom. The number of thiophene rings is 1. The van der Waals surface area contributed by atoms with Crippen LogP contribution in [0.3, 0.4) is 0 Å². The molecule has 0 spiro atoms. The van der Waals surface area contributed by atoms with Crippen molar-refractivity contribution in [3.05, 3.63) is 45.6 Å². The van der Waals surface area contributed by atoms with Crippen LogP contribution in [0, 0.1) is 0 Å². The first-order valence-corrected chi connectivity index (χ1v) is 11.8. The molecule has 0 saturated heterocycles. The minimum Gasteiger partial charge on any atom is -0.495 e. The first kappa shape index (κ1) is 23.3. The van der Waals surface area contributed by atoms with E-state index >= 15 is 0 Å². The standard InChI is InChI=1S/C23H28ClN3O3S/c1-3-16-13-17-22(25-14-15-10-11-19(30-2)18(24)12-15)26-20(27-23(17)31-16)8-6-4-5-7-9-21(28)29/h10-13H,3-9,14H2,1-2H3,(H,28,29)(H,25,26,27). The molecule has 0 atom stereocenters. The lowest BCUT2D eigenvalue weighted by molar-refractivity contribution is -0.137. The number of rotatable bonds is 12. The van der Waals surface area contributed by atoms with Gasteiger partial charge in [0.1, 0.15) is 22.2 Å². The summed E-state index contributed by atoms with van der Waals surface area (Å²) >= 11 is 7.97. The molecule has 2 N–H and O–H groups in total. The van der Waals surface area contributed by atoms with E-state index in [4.69, 9.17) is 31.4 Å². The van der Waals surface area contributed by atoms with Gasteiger partial charge in [-0.3, -0.25) is 4.79 Å². The Labute approximate surface area is 191 Å². The van der Waals surface area contributed by atoms with Crippen molar-refractivity contribution in [1.29, 1.82) is 0 Å². The van der Waals surface area contributed by atoms with Gasteiger partial charge in [-0.1, -0.05) is 37.4 Å². The van der Waals surface area contributed by atoms with Gasteiger partial charge in [0.05, 0.1) is 17.5 Å². The number of halogens is 1. The summed E-state index contributed by atoms with van der Waals surface area (Å²) in [4.78, 5) is 22.5. The van der Waals surface area contributed by atoms with Gasteiger partial charge in [-0.15, -0.1) is 11.3 Å². The molecule has 0 amide bonds. The zero-order chi connectivity index (χ0) is 22.2. The zero-order valence-corrected chi connectivity index (χ0v) is 19.5. The average molecular weight is 462 g/mol. The number of ether oxygens (including phenoxy) is 1. The second kappa shape index (κ2) is 11.3. The van der Waals surface area contributed by atoms with Crippen LogP contribution in [0.25, 0.3) is 10.2 Å². The van der Waals surface area contributed by atoms with Gasteiger partial charge in [0.25, 0.3) is 0 Å². The van der Waals surface area contributed by atoms with Gasteiger partial charge < -0.3 is 15.2 Å². The van der Waals surface area contributed by atoms with Crippen LogP contribution < -0.4 is 10.1 Å². The minimum absolute atomic E-state index is 0.237. The van der Waals surface area contributed by atoms with Gasteiger partial charge in [0.2, 0.25) is 0 Å². The van der Waals surface area contributed by atoms with Crippen molar-refractivity contribution in [2.75, 3.05) is 12.4 Å². The Morgan fingerprint density at radius 2 is 2.00 bits per heavy atom. The number of aromatic nitrogens is 2. The fourth-order valence-corrected chi connectivity index (χ4v) is 4.62. The lowest BCUT2D eigenvalue weighted by atomic mass is 10.1. The lowest BCUT2D eigenvalue weighted by Gasteiger charge is -2.10. The third-order valence-electron chi connectivity index (χ3n) is 5.06. The molecule has 0 aliphatic rings. The number of anilines is 1. The van der Waals surface area contributed by atoms with Gasteiger partial charge in [0.15, 0.2) is 0 Å². The molecule has 31 heavy (non-hydrogen) atoms. The van der Waals surface area contributed by atoms with Crippen LogP contribution in [0.2, 0.25) is 5.02 Å². The van der Waals surface area contributed by atoms with E-state index in [1.54, 1.807) is 18.4 Å². The molecule has 6 nitrogen and oxygen atoms in total. The summed E-state index contributed by atoms with van der Waals surface area (Å²) in [5.41, 5.74) is 1.04. The number of carbonyl (C=O) groups is 1. The lowest BCUT2D eigenvalue weighted by Crippen LogP contribution is -2.05. The molecule has 166 valence electrons. The van der Waals surface area contributed by atoms with Crippen molar-refractivity contribution in [1.82, 2.24) is 9.97 Å². The van der Waals surface area contributed by atoms with Crippen molar-refractivity contribution in [2.24, 2.45) is 0 Å². The number of benzene rings is 1. The highest BCUT2D eigenvalue weighted by Gasteiger charge is 2.12. The maximum atomic E-state index is 10.6. The number of aliphatic carboxylic acids is 1. The Balaban J connectivity index is 1.70. The Bertz CT molecular complexity index is 1040. The fourth-order valence-electron chi connectivity index (χ4n) is 3.35. The topological polar surface area (TPSA) is 84.3 Å². The number of hydrogen-bond donors (Lipinski definition) is 2. The second-order valence-electron chi connectivity index (χ2n) is 7.40. The van der Waals surface area contributed by atoms with E-state index in [1.807, 2.05) is 18.2 Å². The van der Waals surface area contributed by atoms with Gasteiger partial charge in [0, 0.05) is 24.3 Å². The second-order valence-corrected chi connectivity index (χ2v) is 8.93. The van der Waals surface area contributed by atoms with Gasteiger partial charge in [-0.2, -0.15) is 0 Å². The molecule has 0 fully saturated rings. The fraction of sp³-hybridized carbons (Fsp3) is 0.435. The highest BCUT2D eigenvalue weighted by Crippen LogP contribution is 2.31. The number of carboxylic acid groups (broad SMARTS) is 1. The number of fused-ring (bicyclic) bond motifs is 1. The van der Waals surface area contributed by atoms with E-state index < -0.39 is 5.97 Å². The van der Waals surface area contributed by atoms with Crippen LogP contribution in [0.4, 0.5) is 5.82 Å². The Kier molecular flexibility index (Phi) is 8.49. The summed E-state index contributed by atoms with van der Waals surface area (Å²) in [5.74, 6) is 1.59. The van der Waals surface area contributed by atoms with Crippen LogP contribution in [-0.2, 0) is 24.2 Å². The Hall–Kier alpha value is -2.38. The number of nitrogens with zero attached hydrogens (tertiary/aromatic N) is 2. The van der Waals surface area contributed by atoms with E-state index in [9.17, 15) is 4.79 Å². The van der Waals surface area contributed by atoms with Gasteiger partial charge in [-0.05, 0) is 43.0 Å². The molecule has 0 saturated carbocycles. The Morgan fingerprint density at radius 3 is 2.71 bits per heavy atom. The maximum Gasteiger partial charge on any atom is 0.303 e. The van der Waals surface area contributed by atoms with E-state index in [0.29, 0.717) is 17.3 Å². The molecule has 3 aromatic rings. The summed E-state index contributed by atoms with van der Waals surface area (Å²) in [6, 6.07) is 7.91. The normalized spacial score (nSPS) is 11.1.